The molecule has 0 heterocycles. The average molecular weight is 405 g/mol. The van der Waals surface area contributed by atoms with Crippen molar-refractivity contribution in [2.24, 2.45) is 0 Å². The highest BCUT2D eigenvalue weighted by Gasteiger charge is 2.20. The molecule has 2 aromatic rings. The molecule has 0 radical (unpaired) electrons. The Morgan fingerprint density at radius 2 is 1.63 bits per heavy atom. The van der Waals surface area contributed by atoms with E-state index in [2.05, 4.69) is 5.32 Å². The zero-order chi connectivity index (χ0) is 20.1. The quantitative estimate of drug-likeness (QED) is 0.417. The van der Waals surface area contributed by atoms with E-state index in [9.17, 15) is 16.8 Å². The Kier molecular flexibility index (Phi) is 5.82. The Balaban J connectivity index is 2.51. The van der Waals surface area contributed by atoms with Crippen LogP contribution < -0.4 is 9.50 Å². The summed E-state index contributed by atoms with van der Waals surface area (Å²) in [5.74, 6) is -0.308. The van der Waals surface area contributed by atoms with Gasteiger partial charge in [0, 0.05) is 6.20 Å². The van der Waals surface area contributed by atoms with Crippen molar-refractivity contribution in [1.29, 1.82) is 10.5 Å². The molecule has 0 saturated heterocycles. The molecule has 2 N–H and O–H groups in total. The van der Waals surface area contributed by atoms with E-state index in [1.807, 2.05) is 0 Å². The van der Waals surface area contributed by atoms with Crippen LogP contribution in [0.1, 0.15) is 0 Å². The minimum absolute atomic E-state index is 0.139. The SMILES string of the molecule is N#CC(C#N)=CNc1cc(S(=O)(=O)O)ccc1OS(=O)(=O)c1ccccc1. The zero-order valence-electron chi connectivity index (χ0n) is 13.4. The van der Waals surface area contributed by atoms with Crippen molar-refractivity contribution < 1.29 is 25.6 Å². The van der Waals surface area contributed by atoms with Gasteiger partial charge in [0.05, 0.1) is 10.6 Å². The molecule has 0 aromatic heterocycles. The third-order valence-corrected chi connectivity index (χ3v) is 5.19. The molecule has 0 atom stereocenters. The van der Waals surface area contributed by atoms with E-state index in [0.717, 1.165) is 24.4 Å². The van der Waals surface area contributed by atoms with Gasteiger partial charge in [-0.25, -0.2) is 0 Å². The summed E-state index contributed by atoms with van der Waals surface area (Å²) in [6, 6.07) is 13.2. The van der Waals surface area contributed by atoms with Crippen LogP contribution in [-0.2, 0) is 20.2 Å². The second kappa shape index (κ2) is 7.88. The number of benzene rings is 2. The number of nitrogens with one attached hydrogen (secondary N) is 1. The van der Waals surface area contributed by atoms with Gasteiger partial charge in [0.2, 0.25) is 0 Å². The lowest BCUT2D eigenvalue weighted by Crippen LogP contribution is -2.11. The maximum absolute atomic E-state index is 12.3. The molecular weight excluding hydrogens is 394 g/mol. The van der Waals surface area contributed by atoms with Crippen molar-refractivity contribution in [3.8, 4) is 17.9 Å². The molecule has 138 valence electrons. The molecule has 0 saturated carbocycles. The van der Waals surface area contributed by atoms with Gasteiger partial charge in [-0.3, -0.25) is 4.55 Å². The van der Waals surface area contributed by atoms with Crippen LogP contribution in [0.25, 0.3) is 0 Å². The molecule has 0 aliphatic carbocycles. The van der Waals surface area contributed by atoms with E-state index >= 15 is 0 Å². The summed E-state index contributed by atoms with van der Waals surface area (Å²) < 4.78 is 61.5. The standard InChI is InChI=1S/C16H11N3O6S2/c17-9-12(10-18)11-19-15-8-14(26(20,21)22)6-7-16(15)25-27(23,24)13-4-2-1-3-5-13/h1-8,11,19H,(H,20,21,22). The third-order valence-electron chi connectivity index (χ3n) is 3.09. The first-order valence-corrected chi connectivity index (χ1v) is 9.90. The number of rotatable bonds is 6. The van der Waals surface area contributed by atoms with E-state index in [1.54, 1.807) is 18.2 Å². The Morgan fingerprint density at radius 1 is 1.00 bits per heavy atom. The lowest BCUT2D eigenvalue weighted by Gasteiger charge is -2.12. The number of nitriles is 2. The molecule has 11 heteroatoms. The van der Waals surface area contributed by atoms with Crippen LogP contribution in [0.2, 0.25) is 0 Å². The monoisotopic (exact) mass is 405 g/mol. The van der Waals surface area contributed by atoms with Crippen LogP contribution in [0.5, 0.6) is 5.75 Å². The summed E-state index contributed by atoms with van der Waals surface area (Å²) in [4.78, 5) is -0.682. The Morgan fingerprint density at radius 3 is 2.19 bits per heavy atom. The van der Waals surface area contributed by atoms with Gasteiger partial charge in [0.1, 0.15) is 22.6 Å². The molecule has 0 unspecified atom stereocenters. The van der Waals surface area contributed by atoms with Crippen LogP contribution in [0.15, 0.2) is 70.1 Å². The highest BCUT2D eigenvalue weighted by atomic mass is 32.2. The first kappa shape index (κ1) is 19.9. The normalized spacial score (nSPS) is 10.9. The third kappa shape index (κ3) is 5.05. The topological polar surface area (TPSA) is 157 Å². The molecule has 0 fully saturated rings. The van der Waals surface area contributed by atoms with Crippen LogP contribution in [0, 0.1) is 22.7 Å². The van der Waals surface area contributed by atoms with Gasteiger partial charge in [0.15, 0.2) is 5.75 Å². The fourth-order valence-corrected chi connectivity index (χ4v) is 3.32. The summed E-state index contributed by atoms with van der Waals surface area (Å²) in [7, 11) is -8.82. The summed E-state index contributed by atoms with van der Waals surface area (Å²) >= 11 is 0. The molecule has 2 rings (SSSR count). The van der Waals surface area contributed by atoms with Crippen molar-refractivity contribution in [3.05, 3.63) is 60.3 Å². The molecule has 0 aliphatic rings. The molecule has 2 aromatic carbocycles. The second-order valence-electron chi connectivity index (χ2n) is 4.91. The number of nitrogens with zero attached hydrogens (tertiary/aromatic N) is 2. The van der Waals surface area contributed by atoms with E-state index in [-0.39, 0.29) is 21.9 Å². The highest BCUT2D eigenvalue weighted by molar-refractivity contribution is 7.87. The van der Waals surface area contributed by atoms with Gasteiger partial charge < -0.3 is 9.50 Å². The average Bonchev–Trinajstić information content (AvgIpc) is 2.63. The van der Waals surface area contributed by atoms with Gasteiger partial charge in [0.25, 0.3) is 10.1 Å². The van der Waals surface area contributed by atoms with Gasteiger partial charge >= 0.3 is 10.1 Å². The zero-order valence-corrected chi connectivity index (χ0v) is 15.0. The van der Waals surface area contributed by atoms with Gasteiger partial charge in [-0.1, -0.05) is 18.2 Å². The Hall–Kier alpha value is -3.38. The lowest BCUT2D eigenvalue weighted by molar-refractivity contribution is 0.482. The van der Waals surface area contributed by atoms with Crippen molar-refractivity contribution in [2.45, 2.75) is 9.79 Å². The van der Waals surface area contributed by atoms with Crippen molar-refractivity contribution in [3.63, 3.8) is 0 Å². The number of allylic oxidation sites excluding steroid dienone is 1. The van der Waals surface area contributed by atoms with Gasteiger partial charge in [-0.15, -0.1) is 0 Å². The van der Waals surface area contributed by atoms with E-state index in [4.69, 9.17) is 19.3 Å². The predicted molar refractivity (Wildman–Crippen MR) is 93.4 cm³/mol. The maximum atomic E-state index is 12.3. The van der Waals surface area contributed by atoms with Gasteiger partial charge in [-0.2, -0.15) is 27.4 Å². The molecule has 0 amide bonds. The number of anilines is 1. The Bertz CT molecular complexity index is 1160. The summed E-state index contributed by atoms with van der Waals surface area (Å²) in [5.41, 5.74) is -0.559. The Labute approximate surface area is 155 Å². The van der Waals surface area contributed by atoms with E-state index in [0.29, 0.717) is 0 Å². The first-order valence-electron chi connectivity index (χ1n) is 7.05. The minimum atomic E-state index is -4.58. The van der Waals surface area contributed by atoms with Crippen molar-refractivity contribution in [2.75, 3.05) is 5.32 Å². The summed E-state index contributed by atoms with van der Waals surface area (Å²) in [6.45, 7) is 0. The fraction of sp³-hybridized carbons (Fsp3) is 0. The van der Waals surface area contributed by atoms with Crippen molar-refractivity contribution >= 4 is 25.9 Å². The smallest absolute Gasteiger partial charge is 0.339 e. The lowest BCUT2D eigenvalue weighted by atomic mass is 10.3. The van der Waals surface area contributed by atoms with Crippen LogP contribution in [-0.4, -0.2) is 21.4 Å². The predicted octanol–water partition coefficient (Wildman–Crippen LogP) is 2.04. The molecular formula is C16H11N3O6S2. The maximum Gasteiger partial charge on any atom is 0.339 e. The number of hydrogen-bond acceptors (Lipinski definition) is 8. The largest absolute Gasteiger partial charge is 0.377 e. The molecule has 27 heavy (non-hydrogen) atoms. The minimum Gasteiger partial charge on any atom is -0.377 e. The first-order chi connectivity index (χ1) is 12.7. The second-order valence-corrected chi connectivity index (χ2v) is 7.88. The van der Waals surface area contributed by atoms with Crippen LogP contribution in [0.3, 0.4) is 0 Å². The number of hydrogen-bond donors (Lipinski definition) is 2. The van der Waals surface area contributed by atoms with E-state index in [1.165, 1.54) is 24.3 Å². The fourth-order valence-electron chi connectivity index (χ4n) is 1.85. The van der Waals surface area contributed by atoms with Crippen LogP contribution in [0.4, 0.5) is 5.69 Å². The van der Waals surface area contributed by atoms with Gasteiger partial charge in [-0.05, 0) is 30.3 Å². The molecule has 0 spiro atoms. The van der Waals surface area contributed by atoms with E-state index < -0.39 is 25.1 Å². The highest BCUT2D eigenvalue weighted by Crippen LogP contribution is 2.30. The molecule has 9 nitrogen and oxygen atoms in total. The molecule has 0 bridgehead atoms. The molecule has 0 aliphatic heterocycles. The summed E-state index contributed by atoms with van der Waals surface area (Å²) in [5, 5.41) is 19.9. The van der Waals surface area contributed by atoms with Crippen LogP contribution >= 0.6 is 0 Å². The van der Waals surface area contributed by atoms with Crippen molar-refractivity contribution in [1.82, 2.24) is 0 Å². The summed E-state index contributed by atoms with van der Waals surface area (Å²) in [6.07, 6.45) is 0.936.